The van der Waals surface area contributed by atoms with E-state index in [1.54, 1.807) is 13.0 Å². The molecule has 3 rings (SSSR count). The number of ether oxygens (including phenoxy) is 2. The number of carbonyl (C=O) groups excluding carboxylic acids is 1. The molecular weight excluding hydrogens is 349 g/mol. The van der Waals surface area contributed by atoms with Crippen LogP contribution in [0.1, 0.15) is 17.0 Å². The first kappa shape index (κ1) is 18.4. The molecule has 0 radical (unpaired) electrons. The minimum atomic E-state index is -0.536. The van der Waals surface area contributed by atoms with Crippen LogP contribution < -0.4 is 4.74 Å². The van der Waals surface area contributed by atoms with Crippen LogP contribution in [-0.2, 0) is 16.1 Å². The number of aryl methyl sites for hydroxylation is 1. The number of carbonyl (C=O) groups is 1. The van der Waals surface area contributed by atoms with Crippen molar-refractivity contribution in [2.24, 2.45) is 0 Å². The first-order chi connectivity index (χ1) is 13.1. The minimum Gasteiger partial charge on any atom is -0.484 e. The maximum Gasteiger partial charge on any atom is 0.330 e. The zero-order valence-electron chi connectivity index (χ0n) is 14.9. The van der Waals surface area contributed by atoms with E-state index < -0.39 is 11.8 Å². The lowest BCUT2D eigenvalue weighted by Crippen LogP contribution is -1.99. The fourth-order valence-corrected chi connectivity index (χ4v) is 2.38. The molecule has 0 amide bonds. The van der Waals surface area contributed by atoms with Gasteiger partial charge < -0.3 is 13.9 Å². The standard InChI is InChI=1S/C21H18FNO4/c1-14-18(23-21(27-14)16-6-4-3-5-7-16)13-26-19-10-8-15(12-17(19)22)9-11-20(24)25-2/h3-12H,13H2,1-2H3. The number of aromatic nitrogens is 1. The Balaban J connectivity index is 1.69. The first-order valence-electron chi connectivity index (χ1n) is 8.27. The van der Waals surface area contributed by atoms with Crippen LogP contribution in [0.15, 0.2) is 59.0 Å². The molecule has 0 atom stereocenters. The van der Waals surface area contributed by atoms with E-state index in [1.807, 2.05) is 30.3 Å². The van der Waals surface area contributed by atoms with Gasteiger partial charge in [-0.25, -0.2) is 14.2 Å². The van der Waals surface area contributed by atoms with Crippen molar-refractivity contribution in [2.75, 3.05) is 7.11 Å². The molecule has 1 heterocycles. The van der Waals surface area contributed by atoms with E-state index in [-0.39, 0.29) is 12.4 Å². The van der Waals surface area contributed by atoms with Crippen molar-refractivity contribution in [3.63, 3.8) is 0 Å². The highest BCUT2D eigenvalue weighted by molar-refractivity contribution is 5.86. The third-order valence-corrected chi connectivity index (χ3v) is 3.85. The summed E-state index contributed by atoms with van der Waals surface area (Å²) in [5.41, 5.74) is 1.98. The molecule has 2 aromatic carbocycles. The lowest BCUT2D eigenvalue weighted by molar-refractivity contribution is -0.134. The predicted octanol–water partition coefficient (Wildman–Crippen LogP) is 4.55. The fourth-order valence-electron chi connectivity index (χ4n) is 2.38. The highest BCUT2D eigenvalue weighted by Crippen LogP contribution is 2.24. The second-order valence-electron chi connectivity index (χ2n) is 5.72. The summed E-state index contributed by atoms with van der Waals surface area (Å²) in [7, 11) is 1.28. The van der Waals surface area contributed by atoms with Crippen LogP contribution in [0.2, 0.25) is 0 Å². The predicted molar refractivity (Wildman–Crippen MR) is 98.5 cm³/mol. The number of rotatable bonds is 6. The monoisotopic (exact) mass is 367 g/mol. The summed E-state index contributed by atoms with van der Waals surface area (Å²) in [6, 6.07) is 13.9. The number of nitrogens with zero attached hydrogens (tertiary/aromatic N) is 1. The average molecular weight is 367 g/mol. The molecule has 0 unspecified atom stereocenters. The van der Waals surface area contributed by atoms with Crippen molar-refractivity contribution < 1.29 is 23.1 Å². The molecule has 0 bridgehead atoms. The van der Waals surface area contributed by atoms with Crippen LogP contribution in [-0.4, -0.2) is 18.1 Å². The van der Waals surface area contributed by atoms with E-state index in [0.717, 1.165) is 5.56 Å². The summed E-state index contributed by atoms with van der Waals surface area (Å²) in [5.74, 6) is 0.161. The van der Waals surface area contributed by atoms with Gasteiger partial charge in [-0.2, -0.15) is 0 Å². The molecule has 0 spiro atoms. The molecule has 0 aliphatic carbocycles. The first-order valence-corrected chi connectivity index (χ1v) is 8.27. The number of esters is 1. The molecule has 0 saturated carbocycles. The topological polar surface area (TPSA) is 61.6 Å². The number of hydrogen-bond acceptors (Lipinski definition) is 5. The van der Waals surface area contributed by atoms with E-state index in [9.17, 15) is 9.18 Å². The van der Waals surface area contributed by atoms with Gasteiger partial charge in [-0.05, 0) is 42.8 Å². The van der Waals surface area contributed by atoms with Crippen LogP contribution in [0, 0.1) is 12.7 Å². The van der Waals surface area contributed by atoms with Gasteiger partial charge in [0.05, 0.1) is 7.11 Å². The van der Waals surface area contributed by atoms with Crippen LogP contribution in [0.4, 0.5) is 4.39 Å². The normalized spacial score (nSPS) is 10.9. The van der Waals surface area contributed by atoms with Crippen LogP contribution >= 0.6 is 0 Å². The largest absolute Gasteiger partial charge is 0.484 e. The van der Waals surface area contributed by atoms with Gasteiger partial charge in [-0.1, -0.05) is 24.3 Å². The van der Waals surface area contributed by atoms with E-state index >= 15 is 0 Å². The van der Waals surface area contributed by atoms with Gasteiger partial charge in [0.15, 0.2) is 11.6 Å². The van der Waals surface area contributed by atoms with Gasteiger partial charge >= 0.3 is 5.97 Å². The lowest BCUT2D eigenvalue weighted by Gasteiger charge is -2.06. The lowest BCUT2D eigenvalue weighted by atomic mass is 10.2. The van der Waals surface area contributed by atoms with E-state index in [1.165, 1.54) is 31.4 Å². The smallest absolute Gasteiger partial charge is 0.330 e. The number of oxazole rings is 1. The second kappa shape index (κ2) is 8.31. The van der Waals surface area contributed by atoms with Crippen molar-refractivity contribution in [2.45, 2.75) is 13.5 Å². The molecule has 0 aliphatic rings. The summed E-state index contributed by atoms with van der Waals surface area (Å²) < 4.78 is 29.9. The zero-order valence-corrected chi connectivity index (χ0v) is 14.9. The highest BCUT2D eigenvalue weighted by Gasteiger charge is 2.13. The fraction of sp³-hybridized carbons (Fsp3) is 0.143. The molecule has 0 aliphatic heterocycles. The molecule has 138 valence electrons. The molecule has 5 nitrogen and oxygen atoms in total. The Bertz CT molecular complexity index is 964. The average Bonchev–Trinajstić information content (AvgIpc) is 3.06. The summed E-state index contributed by atoms with van der Waals surface area (Å²) in [6.45, 7) is 1.87. The van der Waals surface area contributed by atoms with E-state index in [4.69, 9.17) is 9.15 Å². The van der Waals surface area contributed by atoms with Crippen molar-refractivity contribution in [3.8, 4) is 17.2 Å². The minimum absolute atomic E-state index is 0.0798. The van der Waals surface area contributed by atoms with Crippen LogP contribution in [0.3, 0.4) is 0 Å². The summed E-state index contributed by atoms with van der Waals surface area (Å²) in [5, 5.41) is 0. The molecule has 6 heteroatoms. The molecule has 3 aromatic rings. The number of benzene rings is 2. The van der Waals surface area contributed by atoms with Gasteiger partial charge in [-0.3, -0.25) is 0 Å². The zero-order chi connectivity index (χ0) is 19.2. The van der Waals surface area contributed by atoms with E-state index in [2.05, 4.69) is 9.72 Å². The molecule has 1 aromatic heterocycles. The van der Waals surface area contributed by atoms with Crippen molar-refractivity contribution >= 4 is 12.0 Å². The van der Waals surface area contributed by atoms with Gasteiger partial charge in [0, 0.05) is 11.6 Å². The quantitative estimate of drug-likeness (QED) is 0.472. The van der Waals surface area contributed by atoms with Gasteiger partial charge in [0.1, 0.15) is 18.1 Å². The van der Waals surface area contributed by atoms with E-state index in [0.29, 0.717) is 22.9 Å². The summed E-state index contributed by atoms with van der Waals surface area (Å²) in [4.78, 5) is 15.5. The summed E-state index contributed by atoms with van der Waals surface area (Å²) in [6.07, 6.45) is 2.69. The Labute approximate surface area is 156 Å². The Morgan fingerprint density at radius 2 is 2.00 bits per heavy atom. The highest BCUT2D eigenvalue weighted by atomic mass is 19.1. The maximum absolute atomic E-state index is 14.2. The molecular formula is C21H18FNO4. The van der Waals surface area contributed by atoms with Crippen LogP contribution in [0.5, 0.6) is 5.75 Å². The molecule has 27 heavy (non-hydrogen) atoms. The van der Waals surface area contributed by atoms with Crippen molar-refractivity contribution in [1.29, 1.82) is 0 Å². The Morgan fingerprint density at radius 3 is 2.70 bits per heavy atom. The number of halogens is 1. The third kappa shape index (κ3) is 4.61. The summed E-state index contributed by atoms with van der Waals surface area (Å²) >= 11 is 0. The van der Waals surface area contributed by atoms with Crippen molar-refractivity contribution in [1.82, 2.24) is 4.98 Å². The van der Waals surface area contributed by atoms with Crippen molar-refractivity contribution in [3.05, 3.63) is 77.4 Å². The Kier molecular flexibility index (Phi) is 5.66. The molecule has 0 saturated heterocycles. The maximum atomic E-state index is 14.2. The number of methoxy groups -OCH3 is 1. The third-order valence-electron chi connectivity index (χ3n) is 3.85. The molecule has 0 fully saturated rings. The van der Waals surface area contributed by atoms with Gasteiger partial charge in [-0.15, -0.1) is 0 Å². The van der Waals surface area contributed by atoms with Crippen LogP contribution in [0.25, 0.3) is 17.5 Å². The Morgan fingerprint density at radius 1 is 1.22 bits per heavy atom. The molecule has 0 N–H and O–H groups in total. The SMILES string of the molecule is COC(=O)C=Cc1ccc(OCc2nc(-c3ccccc3)oc2C)c(F)c1. The van der Waals surface area contributed by atoms with Gasteiger partial charge in [0.25, 0.3) is 0 Å². The number of hydrogen-bond donors (Lipinski definition) is 0. The Hall–Kier alpha value is -3.41. The van der Waals surface area contributed by atoms with Gasteiger partial charge in [0.2, 0.25) is 5.89 Å². The second-order valence-corrected chi connectivity index (χ2v) is 5.72.